The summed E-state index contributed by atoms with van der Waals surface area (Å²) in [6, 6.07) is 19.0. The van der Waals surface area contributed by atoms with Crippen LogP contribution in [0.1, 0.15) is 232 Å². The van der Waals surface area contributed by atoms with E-state index in [-0.39, 0.29) is 133 Å². The average molecular weight is 2020 g/mol. The third-order valence-electron chi connectivity index (χ3n) is 18.6. The standard InChI is InChI=1S/C15H27NO4.C13H25NO4.C11H21NO6.2C11H16O2.C10H11N3.C9H19NO5.2C4H10.C3H5N3.C2H6.2CH4.2S2.2H2S/c1-8(2)7-13-9(3)10(4)14(16-11(5)17)15(20-13)19-12(6)18;1-7(2)17-13-12(14-10(5)16)9(4)8(3)11(6-15)18-13;1-5(2)17-11-8(12-6(3)14)10(16)9(15)7(4-13)18-11;2*1-9-4-10(7-12-2)6-11(5-9)8-13-3;1-9-2-4-10(5-3-9)8-13-7-6-11-12-13;1-4(2)14-9-6(10)8(13)7(12)5(3-11)15-9;2*1-4(2)3;1-6-3-2-4-5-6;1-2;;;2*1-2;;/h8-10,13-15H,7H2,1-6H3,(H,16,17);7-9,11-13,15H,6H2,1-5H3,(H,14,16);5,7-11,13,15-16H,4H2,1-3H3,(H,12,14);2*4-6H,7-8H2,1-3H3;2-7H,8H2,1H3;4-9,11-13H,3,10H2,1-2H3;2*4H,1-3H3;2-3H,1H3;1-2H3;2*1H4;;;2*1H2/t9-,10-,13?,14?,15+;8-,9-,11?,12?,13+;7?,8?,9-,10-,11-;;;;5?,6?,7-,8-,9-;;;;;;;;;;/m001...1........../s1. The third kappa shape index (κ3) is 64.1. The van der Waals surface area contributed by atoms with Crippen molar-refractivity contribution in [1.82, 2.24) is 45.9 Å². The Hall–Kier alpha value is -5.36. The molecule has 20 atom stereocenters. The van der Waals surface area contributed by atoms with Crippen LogP contribution in [-0.2, 0) is 161 Å². The monoisotopic (exact) mass is 2020 g/mol. The van der Waals surface area contributed by atoms with E-state index in [4.69, 9.17) is 72.8 Å². The summed E-state index contributed by atoms with van der Waals surface area (Å²) in [6.45, 7) is 55.0. The number of nitrogens with zero attached hydrogens (tertiary/aromatic N) is 6. The van der Waals surface area contributed by atoms with E-state index in [0.717, 1.165) is 24.8 Å². The van der Waals surface area contributed by atoms with Crippen LogP contribution in [0, 0.1) is 62.2 Å². The predicted molar refractivity (Wildman–Crippen MR) is 550 cm³/mol. The number of hydrogen-bond donors (Lipinski definition) is 11. The first kappa shape index (κ1) is 144. The van der Waals surface area contributed by atoms with Gasteiger partial charge in [0.25, 0.3) is 0 Å². The summed E-state index contributed by atoms with van der Waals surface area (Å²) in [6.07, 6.45) is -2.20. The number of amides is 3. The number of aryl methyl sites for hydroxylation is 4. The topological polar surface area (TPSA) is 444 Å². The average Bonchev–Trinajstić information content (AvgIpc) is 0.973. The molecule has 9 rings (SSSR count). The third-order valence-corrected chi connectivity index (χ3v) is 18.6. The van der Waals surface area contributed by atoms with Crippen LogP contribution in [0.5, 0.6) is 0 Å². The molecule has 8 unspecified atom stereocenters. The van der Waals surface area contributed by atoms with Crippen LogP contribution < -0.4 is 21.7 Å². The van der Waals surface area contributed by atoms with Crippen LogP contribution in [0.15, 0.2) is 85.5 Å². The number of nitrogens with two attached hydrogens (primary N) is 1. The van der Waals surface area contributed by atoms with Crippen molar-refractivity contribution < 1.29 is 112 Å². The van der Waals surface area contributed by atoms with Gasteiger partial charge in [0.05, 0.1) is 114 Å². The van der Waals surface area contributed by atoms with Crippen molar-refractivity contribution in [2.75, 3.05) is 48.3 Å². The van der Waals surface area contributed by atoms with Crippen molar-refractivity contribution >= 4 is 95.4 Å². The Morgan fingerprint density at radius 3 is 1.08 bits per heavy atom. The molecule has 0 radical (unpaired) electrons. The molecule has 782 valence electrons. The Labute approximate surface area is 837 Å². The molecule has 4 aliphatic heterocycles. The van der Waals surface area contributed by atoms with Gasteiger partial charge in [-0.05, 0) is 138 Å². The highest BCUT2D eigenvalue weighted by atomic mass is 32.8. The second-order valence-corrected chi connectivity index (χ2v) is 34.2. The summed E-state index contributed by atoms with van der Waals surface area (Å²) in [5.74, 6) is 2.00. The number of hydrogen-bond acceptors (Lipinski definition) is 32. The van der Waals surface area contributed by atoms with Gasteiger partial charge in [-0.1, -0.05) is 200 Å². The van der Waals surface area contributed by atoms with E-state index in [0.29, 0.717) is 38.3 Å². The Balaban J connectivity index is -0.000000222. The number of carbonyl (C=O) groups excluding carboxylic acids is 4. The summed E-state index contributed by atoms with van der Waals surface area (Å²) in [5.41, 5.74) is 15.5. The number of aliphatic hydroxyl groups is 7. The van der Waals surface area contributed by atoms with Crippen molar-refractivity contribution in [3.63, 3.8) is 0 Å². The first-order valence-electron chi connectivity index (χ1n) is 44.2. The second kappa shape index (κ2) is 83.4. The minimum absolute atomic E-state index is 0. The van der Waals surface area contributed by atoms with Crippen molar-refractivity contribution in [2.45, 2.75) is 358 Å². The number of benzene rings is 3. The van der Waals surface area contributed by atoms with Crippen LogP contribution in [0.3, 0.4) is 0 Å². The highest BCUT2D eigenvalue weighted by molar-refractivity contribution is 8.07. The van der Waals surface area contributed by atoms with Gasteiger partial charge >= 0.3 is 5.97 Å². The molecule has 3 aromatic carbocycles. The highest BCUT2D eigenvalue weighted by Crippen LogP contribution is 2.35. The molecule has 4 fully saturated rings. The summed E-state index contributed by atoms with van der Waals surface area (Å²) >= 11 is 14.7. The smallest absolute Gasteiger partial charge is 0.305 e. The van der Waals surface area contributed by atoms with Gasteiger partial charge in [-0.15, -0.1) is 10.2 Å². The van der Waals surface area contributed by atoms with E-state index in [1.807, 2.05) is 59.5 Å². The summed E-state index contributed by atoms with van der Waals surface area (Å²) in [7, 11) is 8.65. The molecule has 0 saturated carbocycles. The number of methoxy groups -OCH3 is 4. The SMILES string of the molecule is C.C.CC.CC(=O)NC1[C@H](OC(C)=O)OC(CC(C)C)[C@@H](C)[C@@H]1C.CC(=O)NC1[C@H](OC(C)C)OC(CO)[C@@H](C)[C@@H]1C.CC(=O)NC1[C@H](OC(C)C)OC(CO)[C@@H](O)[C@@H]1O.CC(C)C.CC(C)C.CC(C)O[C@@H]1OC(CO)[C@@H](O)[C@H](O)C1N.COCc1cc(C)cc(COC)c1.COCc1cc(C)cc(COC)c1.Cc1ccc(Cn2ccnn2)cc1.Cn1ccnn1.S.S.S=S.S=S. The quantitative estimate of drug-likeness (QED) is 0.0242. The summed E-state index contributed by atoms with van der Waals surface area (Å²) in [4.78, 5) is 45.0. The number of aromatic nitrogens is 6. The molecule has 39 heteroatoms. The van der Waals surface area contributed by atoms with Crippen LogP contribution >= 0.6 is 27.0 Å². The molecule has 0 spiro atoms. The number of aliphatic hydroxyl groups excluding tert-OH is 7. The lowest BCUT2D eigenvalue weighted by Crippen LogP contribution is -2.64. The minimum Gasteiger partial charge on any atom is -0.434 e. The van der Waals surface area contributed by atoms with Gasteiger partial charge in [-0.2, -0.15) is 27.0 Å². The Kier molecular flexibility index (Phi) is 89.7. The maximum atomic E-state index is 11.3. The molecule has 33 nitrogen and oxygen atoms in total. The first-order chi connectivity index (χ1) is 61.1. The van der Waals surface area contributed by atoms with E-state index in [1.54, 1.807) is 79.4 Å². The van der Waals surface area contributed by atoms with Crippen LogP contribution in [0.25, 0.3) is 0 Å². The highest BCUT2D eigenvalue weighted by Gasteiger charge is 2.48. The number of esters is 1. The van der Waals surface area contributed by atoms with Crippen LogP contribution in [-0.4, -0.2) is 254 Å². The van der Waals surface area contributed by atoms with E-state index in [9.17, 15) is 44.7 Å². The summed E-state index contributed by atoms with van der Waals surface area (Å²) in [5, 5.41) is 89.0. The second-order valence-electron chi connectivity index (χ2n) is 34.2. The van der Waals surface area contributed by atoms with Crippen molar-refractivity contribution in [2.24, 2.45) is 54.2 Å². The predicted octanol–water partition coefficient (Wildman–Crippen LogP) is 11.4. The molecule has 12 N–H and O–H groups in total. The van der Waals surface area contributed by atoms with Gasteiger partial charge < -0.3 is 114 Å². The fourth-order valence-electron chi connectivity index (χ4n) is 12.8. The van der Waals surface area contributed by atoms with Crippen LogP contribution in [0.4, 0.5) is 0 Å². The van der Waals surface area contributed by atoms with Gasteiger partial charge in [0.2, 0.25) is 24.0 Å². The lowest BCUT2D eigenvalue weighted by Gasteiger charge is -2.44. The molecular formula is C95H178N10O23S6. The molecule has 4 aliphatic rings. The molecule has 3 amide bonds. The molecule has 6 heterocycles. The fraction of sp³-hybridized carbons (Fsp3) is 0.726. The molecule has 2 aromatic heterocycles. The Morgan fingerprint density at radius 2 is 0.769 bits per heavy atom. The molecule has 0 aliphatic carbocycles. The van der Waals surface area contributed by atoms with E-state index in [1.165, 1.54) is 72.2 Å². The van der Waals surface area contributed by atoms with Gasteiger partial charge in [0.1, 0.15) is 42.7 Å². The van der Waals surface area contributed by atoms with Gasteiger partial charge in [0.15, 0.2) is 18.9 Å². The van der Waals surface area contributed by atoms with Gasteiger partial charge in [-0.3, -0.25) is 23.9 Å². The van der Waals surface area contributed by atoms with E-state index in [2.05, 4.69) is 232 Å². The molecule has 0 bridgehead atoms. The first-order valence-corrected chi connectivity index (χ1v) is 46.9. The van der Waals surface area contributed by atoms with Crippen LogP contribution in [0.2, 0.25) is 0 Å². The zero-order valence-electron chi connectivity index (χ0n) is 84.5. The Morgan fingerprint density at radius 1 is 0.448 bits per heavy atom. The number of rotatable bonds is 25. The van der Waals surface area contributed by atoms with E-state index >= 15 is 0 Å². The van der Waals surface area contributed by atoms with Crippen molar-refractivity contribution in [1.29, 1.82) is 0 Å². The molecule has 4 saturated heterocycles. The lowest BCUT2D eigenvalue weighted by atomic mass is 9.79. The zero-order chi connectivity index (χ0) is 101. The number of nitrogens with one attached hydrogen (secondary N) is 3. The minimum atomic E-state index is -1.28. The normalized spacial score (nSPS) is 23.7. The molecular weight excluding hydrogens is 1840 g/mol. The fourth-order valence-corrected chi connectivity index (χ4v) is 12.8. The Bertz CT molecular complexity index is 3480. The van der Waals surface area contributed by atoms with E-state index < -0.39 is 86.4 Å². The maximum absolute atomic E-state index is 11.3. The molecule has 134 heavy (non-hydrogen) atoms. The zero-order valence-corrected chi connectivity index (χ0v) is 89.8. The van der Waals surface area contributed by atoms with Crippen molar-refractivity contribution in [3.8, 4) is 0 Å². The summed E-state index contributed by atoms with van der Waals surface area (Å²) < 4.78 is 67.8. The largest absolute Gasteiger partial charge is 0.434 e. The van der Waals surface area contributed by atoms with Gasteiger partial charge in [0, 0.05) is 120 Å². The number of ether oxygens (including phenoxy) is 12. The van der Waals surface area contributed by atoms with Crippen molar-refractivity contribution in [3.05, 3.63) is 130 Å². The van der Waals surface area contributed by atoms with Gasteiger partial charge in [-0.25, -0.2) is 4.68 Å². The lowest BCUT2D eigenvalue weighted by molar-refractivity contribution is -0.278. The number of carbonyl (C=O) groups is 4. The molecule has 5 aromatic rings. The maximum Gasteiger partial charge on any atom is 0.305 e.